The number of nitrogens with one attached hydrogen (secondary N) is 1. The lowest BCUT2D eigenvalue weighted by Gasteiger charge is -2.17. The minimum atomic E-state index is -3.76. The van der Waals surface area contributed by atoms with Crippen LogP contribution in [0.1, 0.15) is 35.3 Å². The van der Waals surface area contributed by atoms with Gasteiger partial charge >= 0.3 is 0 Å². The summed E-state index contributed by atoms with van der Waals surface area (Å²) in [6.07, 6.45) is 1.51. The smallest absolute Gasteiger partial charge is 0.255 e. The Morgan fingerprint density at radius 2 is 1.68 bits per heavy atom. The Bertz CT molecular complexity index is 963. The van der Waals surface area contributed by atoms with Crippen molar-refractivity contribution in [1.82, 2.24) is 4.31 Å². The van der Waals surface area contributed by atoms with Crippen molar-refractivity contribution in [2.45, 2.75) is 31.6 Å². The molecule has 2 rings (SSSR count). The number of rotatable bonds is 7. The van der Waals surface area contributed by atoms with Crippen LogP contribution in [0.3, 0.4) is 0 Å². The van der Waals surface area contributed by atoms with E-state index < -0.39 is 10.0 Å². The summed E-state index contributed by atoms with van der Waals surface area (Å²) in [5, 5.41) is 2.96. The number of hydrogen-bond donors (Lipinski definition) is 1. The predicted molar refractivity (Wildman–Crippen MR) is 115 cm³/mol. The van der Waals surface area contributed by atoms with Crippen LogP contribution in [-0.2, 0) is 22.9 Å². The number of aryl methyl sites for hydroxylation is 2. The van der Waals surface area contributed by atoms with Crippen molar-refractivity contribution in [3.8, 4) is 5.75 Å². The molecule has 0 aliphatic carbocycles. The average molecular weight is 469 g/mol. The van der Waals surface area contributed by atoms with Crippen molar-refractivity contribution in [2.24, 2.45) is 0 Å². The van der Waals surface area contributed by atoms with Crippen LogP contribution < -0.4 is 10.1 Å². The topological polar surface area (TPSA) is 75.7 Å². The second-order valence-corrected chi connectivity index (χ2v) is 9.45. The van der Waals surface area contributed by atoms with E-state index in [0.29, 0.717) is 0 Å². The molecule has 8 heteroatoms. The van der Waals surface area contributed by atoms with E-state index in [1.807, 2.05) is 26.0 Å². The van der Waals surface area contributed by atoms with Gasteiger partial charge in [-0.25, -0.2) is 12.7 Å². The standard InChI is InChI=1S/C20H25BrN2O4S/c1-6-13-10-16(21)11-14(7-2)19(13)22-20(24)15-8-9-17(27-5)18(12-15)28(25,26)23(3)4/h8-12H,6-7H2,1-5H3,(H,22,24). The third-order valence-corrected chi connectivity index (χ3v) is 6.75. The normalized spacial score (nSPS) is 11.5. The summed E-state index contributed by atoms with van der Waals surface area (Å²) < 4.78 is 32.4. The monoisotopic (exact) mass is 468 g/mol. The van der Waals surface area contributed by atoms with Crippen LogP contribution in [0.2, 0.25) is 0 Å². The second kappa shape index (κ2) is 9.07. The summed E-state index contributed by atoms with van der Waals surface area (Å²) >= 11 is 3.50. The number of nitrogens with zero attached hydrogens (tertiary/aromatic N) is 1. The molecular formula is C20H25BrN2O4S. The number of carbonyl (C=O) groups is 1. The fraction of sp³-hybridized carbons (Fsp3) is 0.350. The van der Waals surface area contributed by atoms with Gasteiger partial charge in [0.2, 0.25) is 10.0 Å². The zero-order chi connectivity index (χ0) is 21.1. The van der Waals surface area contributed by atoms with E-state index in [2.05, 4.69) is 21.2 Å². The first-order valence-electron chi connectivity index (χ1n) is 8.88. The van der Waals surface area contributed by atoms with Crippen molar-refractivity contribution in [3.05, 3.63) is 51.5 Å². The Kier molecular flexibility index (Phi) is 7.25. The summed E-state index contributed by atoms with van der Waals surface area (Å²) in [7, 11) is 0.508. The number of methoxy groups -OCH3 is 1. The first-order chi connectivity index (χ1) is 13.1. The molecule has 0 unspecified atom stereocenters. The van der Waals surface area contributed by atoms with Gasteiger partial charge in [0.1, 0.15) is 10.6 Å². The molecule has 152 valence electrons. The SMILES string of the molecule is CCc1cc(Br)cc(CC)c1NC(=O)c1ccc(OC)c(S(=O)(=O)N(C)C)c1. The zero-order valence-corrected chi connectivity index (χ0v) is 19.1. The molecule has 0 saturated carbocycles. The van der Waals surface area contributed by atoms with E-state index in [1.165, 1.54) is 33.3 Å². The van der Waals surface area contributed by atoms with Crippen molar-refractivity contribution in [2.75, 3.05) is 26.5 Å². The molecule has 0 aromatic heterocycles. The maximum absolute atomic E-state index is 12.9. The van der Waals surface area contributed by atoms with Crippen molar-refractivity contribution >= 4 is 37.5 Å². The summed E-state index contributed by atoms with van der Waals surface area (Å²) in [5.74, 6) is -0.179. The third kappa shape index (κ3) is 4.56. The molecule has 1 N–H and O–H groups in total. The lowest BCUT2D eigenvalue weighted by atomic mass is 10.0. The van der Waals surface area contributed by atoms with Gasteiger partial charge < -0.3 is 10.1 Å². The lowest BCUT2D eigenvalue weighted by Crippen LogP contribution is -2.23. The molecular weight excluding hydrogens is 444 g/mol. The van der Waals surface area contributed by atoms with Crippen LogP contribution in [-0.4, -0.2) is 39.8 Å². The minimum absolute atomic E-state index is 0.0464. The van der Waals surface area contributed by atoms with Crippen LogP contribution >= 0.6 is 15.9 Å². The highest BCUT2D eigenvalue weighted by atomic mass is 79.9. The summed E-state index contributed by atoms with van der Waals surface area (Å²) in [6.45, 7) is 4.04. The Morgan fingerprint density at radius 3 is 2.14 bits per heavy atom. The Morgan fingerprint density at radius 1 is 1.11 bits per heavy atom. The van der Waals surface area contributed by atoms with Crippen LogP contribution in [0.15, 0.2) is 39.7 Å². The van der Waals surface area contributed by atoms with Gasteiger partial charge in [0, 0.05) is 29.8 Å². The summed E-state index contributed by atoms with van der Waals surface area (Å²) in [6, 6.07) is 8.35. The first kappa shape index (κ1) is 22.4. The minimum Gasteiger partial charge on any atom is -0.495 e. The number of amides is 1. The number of anilines is 1. The van der Waals surface area contributed by atoms with E-state index in [1.54, 1.807) is 6.07 Å². The highest BCUT2D eigenvalue weighted by Crippen LogP contribution is 2.30. The molecule has 0 fully saturated rings. The second-order valence-electron chi connectivity index (χ2n) is 6.41. The molecule has 0 atom stereocenters. The lowest BCUT2D eigenvalue weighted by molar-refractivity contribution is 0.102. The number of ether oxygens (including phenoxy) is 1. The molecule has 2 aromatic rings. The fourth-order valence-electron chi connectivity index (χ4n) is 2.85. The largest absolute Gasteiger partial charge is 0.495 e. The van der Waals surface area contributed by atoms with Crippen molar-refractivity contribution < 1.29 is 17.9 Å². The Balaban J connectivity index is 2.50. The van der Waals surface area contributed by atoms with Gasteiger partial charge in [0.05, 0.1) is 7.11 Å². The van der Waals surface area contributed by atoms with Gasteiger partial charge in [-0.05, 0) is 54.3 Å². The van der Waals surface area contributed by atoms with Crippen molar-refractivity contribution in [1.29, 1.82) is 0 Å². The quantitative estimate of drug-likeness (QED) is 0.663. The van der Waals surface area contributed by atoms with Crippen LogP contribution in [0.25, 0.3) is 0 Å². The maximum Gasteiger partial charge on any atom is 0.255 e. The van der Waals surface area contributed by atoms with Crippen LogP contribution in [0, 0.1) is 0 Å². The van der Waals surface area contributed by atoms with E-state index in [4.69, 9.17) is 4.74 Å². The van der Waals surface area contributed by atoms with Gasteiger partial charge in [-0.1, -0.05) is 29.8 Å². The molecule has 6 nitrogen and oxygen atoms in total. The molecule has 0 aliphatic rings. The number of halogens is 1. The Labute approximate surface area is 175 Å². The van der Waals surface area contributed by atoms with Crippen LogP contribution in [0.5, 0.6) is 5.75 Å². The average Bonchev–Trinajstić information content (AvgIpc) is 2.67. The van der Waals surface area contributed by atoms with E-state index in [9.17, 15) is 13.2 Å². The third-order valence-electron chi connectivity index (χ3n) is 4.45. The number of carbonyl (C=O) groups excluding carboxylic acids is 1. The molecule has 1 amide bonds. The van der Waals surface area contributed by atoms with Gasteiger partial charge in [0.15, 0.2) is 0 Å². The van der Waals surface area contributed by atoms with E-state index in [-0.39, 0.29) is 22.1 Å². The molecule has 2 aromatic carbocycles. The number of benzene rings is 2. The van der Waals surface area contributed by atoms with Gasteiger partial charge in [0.25, 0.3) is 5.91 Å². The molecule has 0 aliphatic heterocycles. The molecule has 0 saturated heterocycles. The van der Waals surface area contributed by atoms with Gasteiger partial charge in [-0.2, -0.15) is 0 Å². The number of hydrogen-bond acceptors (Lipinski definition) is 4. The highest BCUT2D eigenvalue weighted by molar-refractivity contribution is 9.10. The van der Waals surface area contributed by atoms with Gasteiger partial charge in [-0.15, -0.1) is 0 Å². The first-order valence-corrected chi connectivity index (χ1v) is 11.1. The van der Waals surface area contributed by atoms with E-state index >= 15 is 0 Å². The predicted octanol–water partition coefficient (Wildman–Crippen LogP) is 4.09. The molecule has 28 heavy (non-hydrogen) atoms. The highest BCUT2D eigenvalue weighted by Gasteiger charge is 2.24. The van der Waals surface area contributed by atoms with Gasteiger partial charge in [-0.3, -0.25) is 4.79 Å². The Hall–Kier alpha value is -1.90. The zero-order valence-electron chi connectivity index (χ0n) is 16.7. The summed E-state index contributed by atoms with van der Waals surface area (Å²) in [4.78, 5) is 12.9. The fourth-order valence-corrected chi connectivity index (χ4v) is 4.47. The van der Waals surface area contributed by atoms with Crippen LogP contribution in [0.4, 0.5) is 5.69 Å². The number of sulfonamides is 1. The van der Waals surface area contributed by atoms with E-state index in [0.717, 1.165) is 38.4 Å². The molecule has 0 spiro atoms. The summed E-state index contributed by atoms with van der Waals surface area (Å²) in [5.41, 5.74) is 3.03. The molecule has 0 heterocycles. The molecule has 0 bridgehead atoms. The maximum atomic E-state index is 12.9. The molecule has 0 radical (unpaired) electrons. The van der Waals surface area contributed by atoms with Crippen molar-refractivity contribution in [3.63, 3.8) is 0 Å².